The highest BCUT2D eigenvalue weighted by Crippen LogP contribution is 2.87. The minimum atomic E-state index is -1.30. The van der Waals surface area contributed by atoms with Gasteiger partial charge < -0.3 is 44.2 Å². The summed E-state index contributed by atoms with van der Waals surface area (Å²) in [4.78, 5) is 26.9. The number of carbonyl (C=O) groups excluding carboxylic acids is 2. The van der Waals surface area contributed by atoms with Crippen LogP contribution in [-0.4, -0.2) is 94.6 Å². The largest absolute Gasteiger partial charge is 0.459 e. The first-order valence-corrected chi connectivity index (χ1v) is 19.5. The van der Waals surface area contributed by atoms with Gasteiger partial charge in [-0.25, -0.2) is 0 Å². The molecule has 1 aromatic heterocycles. The summed E-state index contributed by atoms with van der Waals surface area (Å²) < 4.78 is 30.7. The molecule has 2 spiro atoms. The lowest BCUT2D eigenvalue weighted by Crippen LogP contribution is -2.70. The van der Waals surface area contributed by atoms with Gasteiger partial charge in [-0.05, 0) is 123 Å². The number of nitrogens with zero attached hydrogens (tertiary/aromatic N) is 1. The van der Waals surface area contributed by atoms with E-state index < -0.39 is 47.8 Å². The van der Waals surface area contributed by atoms with Gasteiger partial charge in [-0.3, -0.25) is 9.59 Å². The Morgan fingerprint density at radius 2 is 1.82 bits per heavy atom. The van der Waals surface area contributed by atoms with Crippen LogP contribution >= 0.6 is 0 Å². The standard InChI is InChI=1S/C40H60N2O9/c1-22-19-25(33(36(5,6)46)49-23(2)43)50-31-30(22)37(7)14-15-39-21-38(39)13-12-28(35(3,4)26(38)10-11-27(39)40(37,41)32(31)44)51-29-20-42(16-18-48-29)34(45)24-9-8-17-47-24/h8-9,17,22,25-33,44,46H,10-16,18-21,41H2,1-7H3. The molecule has 11 heteroatoms. The van der Waals surface area contributed by atoms with Crippen LogP contribution in [0.25, 0.3) is 0 Å². The molecule has 7 fully saturated rings. The quantitative estimate of drug-likeness (QED) is 0.355. The lowest BCUT2D eigenvalue weighted by Gasteiger charge is -2.63. The predicted molar refractivity (Wildman–Crippen MR) is 186 cm³/mol. The summed E-state index contributed by atoms with van der Waals surface area (Å²) in [6, 6.07) is 3.42. The molecule has 0 bridgehead atoms. The lowest BCUT2D eigenvalue weighted by atomic mass is 9.43. The van der Waals surface area contributed by atoms with Gasteiger partial charge in [0.15, 0.2) is 18.2 Å². The Hall–Kier alpha value is -2.02. The molecule has 51 heavy (non-hydrogen) atoms. The van der Waals surface area contributed by atoms with Crippen molar-refractivity contribution in [1.82, 2.24) is 4.90 Å². The fourth-order valence-electron chi connectivity index (χ4n) is 13.9. The van der Waals surface area contributed by atoms with Crippen LogP contribution < -0.4 is 5.73 Å². The third-order valence-electron chi connectivity index (χ3n) is 15.9. The third-order valence-corrected chi connectivity index (χ3v) is 15.9. The first-order chi connectivity index (χ1) is 23.9. The highest BCUT2D eigenvalue weighted by molar-refractivity contribution is 5.91. The van der Waals surface area contributed by atoms with Gasteiger partial charge in [0.05, 0.1) is 55.0 Å². The molecule has 1 amide bonds. The summed E-state index contributed by atoms with van der Waals surface area (Å²) in [5, 5.41) is 23.5. The van der Waals surface area contributed by atoms with E-state index in [4.69, 9.17) is 29.1 Å². The Kier molecular flexibility index (Phi) is 8.28. The molecule has 0 aromatic carbocycles. The number of ether oxygens (including phenoxy) is 4. The Morgan fingerprint density at radius 1 is 1.10 bits per heavy atom. The zero-order chi connectivity index (χ0) is 36.5. The normalized spacial score (nSPS) is 47.6. The maximum absolute atomic E-state index is 13.0. The number of fused-ring (bicyclic) bond motifs is 4. The van der Waals surface area contributed by atoms with Crippen LogP contribution in [0.3, 0.4) is 0 Å². The average molecular weight is 713 g/mol. The van der Waals surface area contributed by atoms with Crippen molar-refractivity contribution in [3.05, 3.63) is 24.2 Å². The van der Waals surface area contributed by atoms with Gasteiger partial charge in [-0.1, -0.05) is 27.7 Å². The van der Waals surface area contributed by atoms with E-state index in [1.165, 1.54) is 13.2 Å². The number of furan rings is 1. The van der Waals surface area contributed by atoms with Gasteiger partial charge in [0.2, 0.25) is 0 Å². The first-order valence-electron chi connectivity index (χ1n) is 19.5. The monoisotopic (exact) mass is 712 g/mol. The van der Waals surface area contributed by atoms with Gasteiger partial charge in [0.1, 0.15) is 0 Å². The Morgan fingerprint density at radius 3 is 2.51 bits per heavy atom. The van der Waals surface area contributed by atoms with Crippen molar-refractivity contribution >= 4 is 11.9 Å². The Bertz CT molecular complexity index is 1530. The Balaban J connectivity index is 1.01. The number of hydrogen-bond donors (Lipinski definition) is 3. The number of esters is 1. The topological polar surface area (TPSA) is 154 Å². The number of nitrogens with two attached hydrogens (primary N) is 1. The summed E-state index contributed by atoms with van der Waals surface area (Å²) in [6.45, 7) is 15.2. The van der Waals surface area contributed by atoms with Gasteiger partial charge >= 0.3 is 5.97 Å². The highest BCUT2D eigenvalue weighted by Gasteiger charge is 2.85. The number of amides is 1. The van der Waals surface area contributed by atoms with Gasteiger partial charge in [0, 0.05) is 13.5 Å². The highest BCUT2D eigenvalue weighted by atomic mass is 16.7. The fraction of sp³-hybridized carbons (Fsp3) is 0.850. The molecule has 14 unspecified atom stereocenters. The van der Waals surface area contributed by atoms with E-state index in [2.05, 4.69) is 27.7 Å². The van der Waals surface area contributed by atoms with E-state index >= 15 is 0 Å². The van der Waals surface area contributed by atoms with Crippen LogP contribution in [-0.2, 0) is 23.7 Å². The fourth-order valence-corrected chi connectivity index (χ4v) is 13.9. The maximum Gasteiger partial charge on any atom is 0.303 e. The summed E-state index contributed by atoms with van der Waals surface area (Å²) in [5.41, 5.74) is 5.47. The second kappa shape index (κ2) is 11.7. The number of aliphatic hydroxyl groups is 2. The molecule has 11 nitrogen and oxygen atoms in total. The molecular weight excluding hydrogens is 652 g/mol. The second-order valence-electron chi connectivity index (χ2n) is 19.0. The third kappa shape index (κ3) is 4.96. The molecular formula is C40H60N2O9. The summed E-state index contributed by atoms with van der Waals surface area (Å²) in [5.74, 6) is 0.587. The molecule has 3 heterocycles. The second-order valence-corrected chi connectivity index (χ2v) is 19.0. The smallest absolute Gasteiger partial charge is 0.303 e. The summed E-state index contributed by atoms with van der Waals surface area (Å²) in [7, 11) is 0. The Labute approximate surface area is 302 Å². The van der Waals surface area contributed by atoms with Gasteiger partial charge in [-0.15, -0.1) is 0 Å². The van der Waals surface area contributed by atoms with Crippen LogP contribution in [0, 0.1) is 45.3 Å². The lowest BCUT2D eigenvalue weighted by molar-refractivity contribution is -0.242. The van der Waals surface area contributed by atoms with Crippen molar-refractivity contribution in [2.24, 2.45) is 51.1 Å². The molecule has 2 saturated heterocycles. The zero-order valence-electron chi connectivity index (χ0n) is 31.6. The summed E-state index contributed by atoms with van der Waals surface area (Å²) in [6.07, 6.45) is 6.06. The van der Waals surface area contributed by atoms with E-state index in [1.807, 2.05) is 0 Å². The van der Waals surface area contributed by atoms with E-state index in [9.17, 15) is 19.8 Å². The minimum absolute atomic E-state index is 0.00116. The van der Waals surface area contributed by atoms with E-state index in [0.29, 0.717) is 37.8 Å². The SMILES string of the molecule is CC(=O)OC(C1CC(C)C2C(O1)C(O)C1(N)C3CCC4C(C)(C)C(OC5CN(C(=O)c6ccco6)CCO5)CCC45CC35CCC21C)C(C)(C)O. The van der Waals surface area contributed by atoms with Crippen LogP contribution in [0.2, 0.25) is 0 Å². The number of hydrogen-bond acceptors (Lipinski definition) is 10. The van der Waals surface area contributed by atoms with Crippen molar-refractivity contribution in [2.45, 2.75) is 148 Å². The number of aliphatic hydroxyl groups excluding tert-OH is 1. The van der Waals surface area contributed by atoms with Crippen LogP contribution in [0.15, 0.2) is 22.8 Å². The average Bonchev–Trinajstić information content (AvgIpc) is 3.32. The molecule has 4 N–H and O–H groups in total. The molecule has 7 aliphatic rings. The van der Waals surface area contributed by atoms with Crippen molar-refractivity contribution < 1.29 is 43.2 Å². The molecule has 5 saturated carbocycles. The van der Waals surface area contributed by atoms with Crippen LogP contribution in [0.5, 0.6) is 0 Å². The molecule has 0 radical (unpaired) electrons. The van der Waals surface area contributed by atoms with Crippen molar-refractivity contribution in [3.8, 4) is 0 Å². The minimum Gasteiger partial charge on any atom is -0.459 e. The molecule has 2 aliphatic heterocycles. The van der Waals surface area contributed by atoms with Crippen LogP contribution in [0.4, 0.5) is 0 Å². The van der Waals surface area contributed by atoms with Gasteiger partial charge in [0.25, 0.3) is 5.91 Å². The number of carbonyl (C=O) groups is 2. The maximum atomic E-state index is 13.0. The van der Waals surface area contributed by atoms with Crippen molar-refractivity contribution in [1.29, 1.82) is 0 Å². The first kappa shape index (κ1) is 36.0. The molecule has 14 atom stereocenters. The number of morpholine rings is 1. The molecule has 284 valence electrons. The van der Waals surface area contributed by atoms with E-state index in [0.717, 1.165) is 44.9 Å². The van der Waals surface area contributed by atoms with Crippen molar-refractivity contribution in [2.75, 3.05) is 19.7 Å². The van der Waals surface area contributed by atoms with Gasteiger partial charge in [-0.2, -0.15) is 0 Å². The zero-order valence-corrected chi connectivity index (χ0v) is 31.6. The predicted octanol–water partition coefficient (Wildman–Crippen LogP) is 4.67. The van der Waals surface area contributed by atoms with Crippen molar-refractivity contribution in [3.63, 3.8) is 0 Å². The van der Waals surface area contributed by atoms with Crippen LogP contribution in [0.1, 0.15) is 110 Å². The van der Waals surface area contributed by atoms with E-state index in [1.54, 1.807) is 30.9 Å². The number of rotatable bonds is 6. The molecule has 1 aromatic rings. The molecule has 8 rings (SSSR count). The summed E-state index contributed by atoms with van der Waals surface area (Å²) >= 11 is 0. The van der Waals surface area contributed by atoms with E-state index in [-0.39, 0.29) is 51.4 Å². The molecule has 5 aliphatic carbocycles.